The number of thiazole rings is 1. The molecule has 3 aromatic carbocycles. The van der Waals surface area contributed by atoms with Gasteiger partial charge in [0.25, 0.3) is 17.2 Å². The van der Waals surface area contributed by atoms with Crippen LogP contribution in [0.5, 0.6) is 0 Å². The molecule has 35 heavy (non-hydrogen) atoms. The van der Waals surface area contributed by atoms with Crippen molar-refractivity contribution in [2.45, 2.75) is 0 Å². The molecular formula is C25H15FN4O4S. The van der Waals surface area contributed by atoms with Gasteiger partial charge in [0, 0.05) is 17.8 Å². The second kappa shape index (κ2) is 9.94. The van der Waals surface area contributed by atoms with E-state index < -0.39 is 22.2 Å². The number of nitro groups is 1. The summed E-state index contributed by atoms with van der Waals surface area (Å²) in [5.74, 6) is -1.25. The number of amides is 1. The highest BCUT2D eigenvalue weighted by Gasteiger charge is 2.17. The van der Waals surface area contributed by atoms with E-state index in [0.29, 0.717) is 11.3 Å². The highest BCUT2D eigenvalue weighted by molar-refractivity contribution is 7.07. The smallest absolute Gasteiger partial charge is 0.273 e. The normalized spacial score (nSPS) is 12.1. The van der Waals surface area contributed by atoms with E-state index in [1.807, 2.05) is 6.07 Å². The Labute approximate surface area is 201 Å². The Hall–Kier alpha value is -4.88. The van der Waals surface area contributed by atoms with Crippen LogP contribution in [0.25, 0.3) is 17.3 Å². The summed E-state index contributed by atoms with van der Waals surface area (Å²) in [4.78, 5) is 36.9. The number of nitrogens with one attached hydrogen (secondary N) is 1. The summed E-state index contributed by atoms with van der Waals surface area (Å²) in [6, 6.07) is 21.1. The number of rotatable bonds is 5. The average Bonchev–Trinajstić information content (AvgIpc) is 3.17. The van der Waals surface area contributed by atoms with Gasteiger partial charge in [-0.15, -0.1) is 11.3 Å². The van der Waals surface area contributed by atoms with Gasteiger partial charge >= 0.3 is 0 Å². The van der Waals surface area contributed by atoms with Gasteiger partial charge in [0.2, 0.25) is 0 Å². The molecule has 10 heteroatoms. The van der Waals surface area contributed by atoms with Crippen LogP contribution in [0.2, 0.25) is 0 Å². The van der Waals surface area contributed by atoms with Crippen LogP contribution >= 0.6 is 11.3 Å². The highest BCUT2D eigenvalue weighted by atomic mass is 32.1. The maximum absolute atomic E-state index is 13.4. The maximum atomic E-state index is 13.4. The lowest BCUT2D eigenvalue weighted by Crippen LogP contribution is -2.32. The number of nitrogens with zero attached hydrogens (tertiary/aromatic N) is 3. The first kappa shape index (κ1) is 23.3. The second-order valence-corrected chi connectivity index (χ2v) is 8.22. The Morgan fingerprint density at radius 2 is 1.80 bits per heavy atom. The third-order valence-corrected chi connectivity index (χ3v) is 5.96. The summed E-state index contributed by atoms with van der Waals surface area (Å²) < 4.78 is 14.7. The molecule has 0 saturated heterocycles. The van der Waals surface area contributed by atoms with Crippen LogP contribution in [0.15, 0.2) is 83.7 Å². The van der Waals surface area contributed by atoms with Gasteiger partial charge in [-0.2, -0.15) is 5.26 Å². The lowest BCUT2D eigenvalue weighted by atomic mass is 10.2. The zero-order valence-electron chi connectivity index (χ0n) is 17.8. The molecule has 0 aliphatic rings. The summed E-state index contributed by atoms with van der Waals surface area (Å²) in [7, 11) is 0. The largest absolute Gasteiger partial charge is 0.321 e. The number of hydrogen-bond acceptors (Lipinski definition) is 6. The molecule has 1 heterocycles. The minimum absolute atomic E-state index is 0.0833. The van der Waals surface area contributed by atoms with Crippen molar-refractivity contribution in [3.8, 4) is 11.8 Å². The van der Waals surface area contributed by atoms with Gasteiger partial charge in [-0.05, 0) is 48.0 Å². The standard InChI is InChI=1S/C25H15FN4O4S/c26-17-9-11-18(12-10-17)28-23(31)21(15-27)25-29(19-6-2-1-3-7-19)24(32)22(35-25)14-16-5-4-8-20(13-16)30(33)34/h1-14H,(H,28,31). The van der Waals surface area contributed by atoms with Crippen molar-refractivity contribution in [3.63, 3.8) is 0 Å². The number of nitro benzene ring substituents is 1. The van der Waals surface area contributed by atoms with Crippen LogP contribution in [0.1, 0.15) is 5.56 Å². The van der Waals surface area contributed by atoms with Crippen molar-refractivity contribution >= 4 is 40.3 Å². The van der Waals surface area contributed by atoms with Gasteiger partial charge in [0.05, 0.1) is 15.1 Å². The molecule has 8 nitrogen and oxygen atoms in total. The lowest BCUT2D eigenvalue weighted by Gasteiger charge is -2.05. The van der Waals surface area contributed by atoms with Crippen LogP contribution in [0, 0.1) is 27.3 Å². The van der Waals surface area contributed by atoms with Crippen molar-refractivity contribution in [1.82, 2.24) is 4.57 Å². The average molecular weight is 486 g/mol. The monoisotopic (exact) mass is 486 g/mol. The van der Waals surface area contributed by atoms with Crippen molar-refractivity contribution in [2.75, 3.05) is 5.32 Å². The molecule has 0 fully saturated rings. The van der Waals surface area contributed by atoms with Gasteiger partial charge in [-0.25, -0.2) is 4.39 Å². The molecule has 1 amide bonds. The molecule has 0 saturated carbocycles. The summed E-state index contributed by atoms with van der Waals surface area (Å²) >= 11 is 0.909. The Morgan fingerprint density at radius 3 is 2.46 bits per heavy atom. The van der Waals surface area contributed by atoms with Crippen LogP contribution in [-0.2, 0) is 4.79 Å². The van der Waals surface area contributed by atoms with Crippen molar-refractivity contribution in [2.24, 2.45) is 0 Å². The molecular weight excluding hydrogens is 471 g/mol. The maximum Gasteiger partial charge on any atom is 0.273 e. The van der Waals surface area contributed by atoms with Crippen LogP contribution in [0.4, 0.5) is 15.8 Å². The van der Waals surface area contributed by atoms with Crippen molar-refractivity contribution in [3.05, 3.63) is 120 Å². The molecule has 0 unspecified atom stereocenters. The SMILES string of the molecule is N#CC(C(=O)Nc1ccc(F)cc1)=c1sc(=Cc2cccc([N+](=O)[O-])c2)c(=O)n1-c1ccccc1. The molecule has 0 aliphatic heterocycles. The number of nitriles is 1. The molecule has 172 valence electrons. The molecule has 1 N–H and O–H groups in total. The number of halogens is 1. The van der Waals surface area contributed by atoms with E-state index in [0.717, 1.165) is 11.3 Å². The van der Waals surface area contributed by atoms with Crippen LogP contribution in [-0.4, -0.2) is 15.4 Å². The summed E-state index contributed by atoms with van der Waals surface area (Å²) in [5, 5.41) is 23.5. The number of carbonyl (C=O) groups excluding carboxylic acids is 1. The van der Waals surface area contributed by atoms with E-state index >= 15 is 0 Å². The predicted molar refractivity (Wildman–Crippen MR) is 130 cm³/mol. The molecule has 0 atom stereocenters. The molecule has 0 aliphatic carbocycles. The van der Waals surface area contributed by atoms with E-state index in [-0.39, 0.29) is 26.1 Å². The number of aromatic nitrogens is 1. The molecule has 1 aromatic heterocycles. The fourth-order valence-corrected chi connectivity index (χ4v) is 4.37. The van der Waals surface area contributed by atoms with Crippen LogP contribution in [0.3, 0.4) is 0 Å². The first-order valence-corrected chi connectivity index (χ1v) is 10.9. The van der Waals surface area contributed by atoms with E-state index in [9.17, 15) is 29.4 Å². The zero-order valence-corrected chi connectivity index (χ0v) is 18.7. The number of carbonyl (C=O) groups is 1. The number of anilines is 1. The first-order valence-electron chi connectivity index (χ1n) is 10.1. The minimum Gasteiger partial charge on any atom is -0.321 e. The Kier molecular flexibility index (Phi) is 6.62. The quantitative estimate of drug-likeness (QED) is 0.344. The van der Waals surface area contributed by atoms with Crippen LogP contribution < -0.4 is 20.1 Å². The van der Waals surface area contributed by atoms with E-state index in [1.54, 1.807) is 36.4 Å². The minimum atomic E-state index is -0.771. The molecule has 0 spiro atoms. The summed E-state index contributed by atoms with van der Waals surface area (Å²) in [6.45, 7) is 0. The highest BCUT2D eigenvalue weighted by Crippen LogP contribution is 2.14. The predicted octanol–water partition coefficient (Wildman–Crippen LogP) is 3.09. The molecule has 0 bridgehead atoms. The first-order chi connectivity index (χ1) is 16.9. The van der Waals surface area contributed by atoms with E-state index in [2.05, 4.69) is 5.32 Å². The van der Waals surface area contributed by atoms with Gasteiger partial charge in [0.15, 0.2) is 5.57 Å². The van der Waals surface area contributed by atoms with Gasteiger partial charge in [-0.3, -0.25) is 24.3 Å². The summed E-state index contributed by atoms with van der Waals surface area (Å²) in [5.41, 5.74) is 0.173. The fraction of sp³-hybridized carbons (Fsp3) is 0. The number of para-hydroxylation sites is 1. The van der Waals surface area contributed by atoms with Gasteiger partial charge < -0.3 is 5.32 Å². The second-order valence-electron chi connectivity index (χ2n) is 7.19. The van der Waals surface area contributed by atoms with Crippen molar-refractivity contribution < 1.29 is 14.1 Å². The van der Waals surface area contributed by atoms with E-state index in [1.165, 1.54) is 53.1 Å². The third kappa shape index (κ3) is 5.05. The van der Waals surface area contributed by atoms with Gasteiger partial charge in [0.1, 0.15) is 16.5 Å². The van der Waals surface area contributed by atoms with Gasteiger partial charge in [-0.1, -0.05) is 30.3 Å². The number of hydrogen-bond donors (Lipinski definition) is 1. The lowest BCUT2D eigenvalue weighted by molar-refractivity contribution is -0.384. The van der Waals surface area contributed by atoms with Crippen molar-refractivity contribution in [1.29, 1.82) is 5.26 Å². The Bertz CT molecular complexity index is 1650. The topological polar surface area (TPSA) is 118 Å². The third-order valence-electron chi connectivity index (χ3n) is 4.87. The number of benzene rings is 3. The van der Waals surface area contributed by atoms with E-state index in [4.69, 9.17) is 0 Å². The molecule has 4 rings (SSSR count). The fourth-order valence-electron chi connectivity index (χ4n) is 3.26. The molecule has 4 aromatic rings. The Balaban J connectivity index is 1.94. The number of non-ortho nitro benzene ring substituents is 1. The molecule has 0 radical (unpaired) electrons. The Morgan fingerprint density at radius 1 is 1.09 bits per heavy atom. The summed E-state index contributed by atoms with van der Waals surface area (Å²) in [6.07, 6.45) is 1.47. The zero-order chi connectivity index (χ0) is 24.9.